The van der Waals surface area contributed by atoms with Gasteiger partial charge in [0.2, 0.25) is 0 Å². The number of likely N-dealkylation sites (tertiary alicyclic amines) is 1. The van der Waals surface area contributed by atoms with Gasteiger partial charge in [0.1, 0.15) is 12.4 Å². The van der Waals surface area contributed by atoms with Gasteiger partial charge in [0.05, 0.1) is 17.7 Å². The lowest BCUT2D eigenvalue weighted by atomic mass is 9.90. The molecule has 3 rings (SSSR count). The van der Waals surface area contributed by atoms with Crippen LogP contribution in [0.1, 0.15) is 31.4 Å². The van der Waals surface area contributed by atoms with E-state index >= 15 is 0 Å². The summed E-state index contributed by atoms with van der Waals surface area (Å²) in [6.45, 7) is 4.84. The number of hydrogen-bond donors (Lipinski definition) is 1. The topological polar surface area (TPSA) is 47.7 Å². The van der Waals surface area contributed by atoms with Crippen molar-refractivity contribution in [3.05, 3.63) is 29.8 Å². The molecule has 1 fully saturated rings. The van der Waals surface area contributed by atoms with Gasteiger partial charge in [0.25, 0.3) is 0 Å². The predicted molar refractivity (Wildman–Crippen MR) is 78.9 cm³/mol. The average molecular weight is 276 g/mol. The monoisotopic (exact) mass is 276 g/mol. The van der Waals surface area contributed by atoms with Crippen molar-refractivity contribution in [2.45, 2.75) is 37.5 Å². The number of rotatable bonds is 2. The van der Waals surface area contributed by atoms with Crippen molar-refractivity contribution in [3.63, 3.8) is 0 Å². The summed E-state index contributed by atoms with van der Waals surface area (Å²) in [7, 11) is 1.80. The molecule has 1 saturated heterocycles. The van der Waals surface area contributed by atoms with Crippen LogP contribution in [0.4, 0.5) is 0 Å². The smallest absolute Gasteiger partial charge is 0.124 e. The van der Waals surface area contributed by atoms with Crippen molar-refractivity contribution in [2.75, 3.05) is 26.8 Å². The Labute approximate surface area is 120 Å². The van der Waals surface area contributed by atoms with Gasteiger partial charge < -0.3 is 15.2 Å². The first-order valence-electron chi connectivity index (χ1n) is 7.39. The van der Waals surface area contributed by atoms with Gasteiger partial charge in [-0.3, -0.25) is 4.90 Å². The standard InChI is InChI=1S/C16H24N2O2/c1-16(19-2)8-5-9-18(11-16)13-10-20-14-7-4-3-6-12(14)15(13)17/h3-4,6-7,13,15H,5,8-11,17H2,1-2H3. The molecular formula is C16H24N2O2. The molecule has 3 atom stereocenters. The number of para-hydroxylation sites is 1. The molecule has 2 heterocycles. The van der Waals surface area contributed by atoms with Crippen LogP contribution in [0.25, 0.3) is 0 Å². The molecule has 0 saturated carbocycles. The van der Waals surface area contributed by atoms with Crippen LogP contribution in [0.15, 0.2) is 24.3 Å². The Kier molecular flexibility index (Phi) is 3.71. The minimum absolute atomic E-state index is 0.0131. The number of ether oxygens (including phenoxy) is 2. The Morgan fingerprint density at radius 1 is 1.40 bits per heavy atom. The zero-order valence-corrected chi connectivity index (χ0v) is 12.3. The van der Waals surface area contributed by atoms with E-state index in [4.69, 9.17) is 15.2 Å². The van der Waals surface area contributed by atoms with Gasteiger partial charge in [-0.1, -0.05) is 18.2 Å². The fourth-order valence-corrected chi connectivity index (χ4v) is 3.40. The number of fused-ring (bicyclic) bond motifs is 1. The maximum atomic E-state index is 6.49. The highest BCUT2D eigenvalue weighted by Gasteiger charge is 2.38. The average Bonchev–Trinajstić information content (AvgIpc) is 2.48. The number of benzene rings is 1. The van der Waals surface area contributed by atoms with Crippen molar-refractivity contribution in [1.82, 2.24) is 4.90 Å². The fraction of sp³-hybridized carbons (Fsp3) is 0.625. The van der Waals surface area contributed by atoms with Crippen LogP contribution >= 0.6 is 0 Å². The third kappa shape index (κ3) is 2.43. The van der Waals surface area contributed by atoms with Gasteiger partial charge in [0.15, 0.2) is 0 Å². The van der Waals surface area contributed by atoms with E-state index in [1.54, 1.807) is 7.11 Å². The second-order valence-electron chi connectivity index (χ2n) is 6.17. The molecule has 20 heavy (non-hydrogen) atoms. The second kappa shape index (κ2) is 5.35. The largest absolute Gasteiger partial charge is 0.492 e. The normalized spacial score (nSPS) is 34.4. The predicted octanol–water partition coefficient (Wildman–Crippen LogP) is 1.95. The lowest BCUT2D eigenvalue weighted by Crippen LogP contribution is -2.56. The molecular weight excluding hydrogens is 252 g/mol. The summed E-state index contributed by atoms with van der Waals surface area (Å²) < 4.78 is 11.6. The molecule has 4 heteroatoms. The molecule has 0 amide bonds. The van der Waals surface area contributed by atoms with Crippen LogP contribution in [0.2, 0.25) is 0 Å². The molecule has 0 aromatic heterocycles. The minimum Gasteiger partial charge on any atom is -0.492 e. The Bertz CT molecular complexity index is 479. The Morgan fingerprint density at radius 2 is 2.20 bits per heavy atom. The maximum absolute atomic E-state index is 6.49. The fourth-order valence-electron chi connectivity index (χ4n) is 3.40. The third-order valence-corrected chi connectivity index (χ3v) is 4.75. The second-order valence-corrected chi connectivity index (χ2v) is 6.17. The number of methoxy groups -OCH3 is 1. The summed E-state index contributed by atoms with van der Waals surface area (Å²) in [5.74, 6) is 0.933. The molecule has 0 radical (unpaired) electrons. The molecule has 1 aromatic carbocycles. The van der Waals surface area contributed by atoms with Gasteiger partial charge >= 0.3 is 0 Å². The summed E-state index contributed by atoms with van der Waals surface area (Å²) in [5.41, 5.74) is 7.55. The molecule has 2 aliphatic rings. The van der Waals surface area contributed by atoms with E-state index in [1.807, 2.05) is 18.2 Å². The molecule has 1 aromatic rings. The molecule has 0 spiro atoms. The lowest BCUT2D eigenvalue weighted by Gasteiger charge is -2.46. The first-order valence-corrected chi connectivity index (χ1v) is 7.39. The van der Waals surface area contributed by atoms with E-state index in [0.717, 1.165) is 37.2 Å². The maximum Gasteiger partial charge on any atom is 0.124 e. The highest BCUT2D eigenvalue weighted by Crippen LogP contribution is 2.35. The summed E-state index contributed by atoms with van der Waals surface area (Å²) in [6.07, 6.45) is 2.26. The van der Waals surface area contributed by atoms with Crippen LogP contribution in [-0.2, 0) is 4.74 Å². The van der Waals surface area contributed by atoms with Gasteiger partial charge in [0, 0.05) is 19.2 Å². The highest BCUT2D eigenvalue weighted by atomic mass is 16.5. The van der Waals surface area contributed by atoms with E-state index in [0.29, 0.717) is 6.61 Å². The van der Waals surface area contributed by atoms with Crippen LogP contribution in [-0.4, -0.2) is 43.3 Å². The summed E-state index contributed by atoms with van der Waals surface area (Å²) in [6, 6.07) is 8.35. The lowest BCUT2D eigenvalue weighted by molar-refractivity contribution is -0.0701. The van der Waals surface area contributed by atoms with Crippen molar-refractivity contribution in [1.29, 1.82) is 0 Å². The van der Waals surface area contributed by atoms with Crippen molar-refractivity contribution < 1.29 is 9.47 Å². The zero-order valence-electron chi connectivity index (χ0n) is 12.3. The molecule has 3 unspecified atom stereocenters. The van der Waals surface area contributed by atoms with E-state index in [-0.39, 0.29) is 17.7 Å². The van der Waals surface area contributed by atoms with Gasteiger partial charge in [-0.05, 0) is 32.4 Å². The summed E-state index contributed by atoms with van der Waals surface area (Å²) in [4.78, 5) is 2.44. The van der Waals surface area contributed by atoms with Gasteiger partial charge in [-0.15, -0.1) is 0 Å². The van der Waals surface area contributed by atoms with Crippen molar-refractivity contribution >= 4 is 0 Å². The van der Waals surface area contributed by atoms with Crippen molar-refractivity contribution in [3.8, 4) is 5.75 Å². The van der Waals surface area contributed by atoms with Gasteiger partial charge in [-0.25, -0.2) is 0 Å². The van der Waals surface area contributed by atoms with E-state index in [2.05, 4.69) is 17.9 Å². The highest BCUT2D eigenvalue weighted by molar-refractivity contribution is 5.38. The van der Waals surface area contributed by atoms with Crippen LogP contribution in [0.5, 0.6) is 5.75 Å². The molecule has 0 bridgehead atoms. The number of piperidine rings is 1. The first kappa shape index (κ1) is 13.9. The van der Waals surface area contributed by atoms with Crippen LogP contribution < -0.4 is 10.5 Å². The van der Waals surface area contributed by atoms with Crippen LogP contribution in [0.3, 0.4) is 0 Å². The first-order chi connectivity index (χ1) is 9.63. The Balaban J connectivity index is 1.79. The summed E-state index contributed by atoms with van der Waals surface area (Å²) >= 11 is 0. The van der Waals surface area contributed by atoms with E-state index in [1.165, 1.54) is 0 Å². The molecule has 2 aliphatic heterocycles. The quantitative estimate of drug-likeness (QED) is 0.897. The number of nitrogens with two attached hydrogens (primary N) is 1. The molecule has 2 N–H and O–H groups in total. The number of hydrogen-bond acceptors (Lipinski definition) is 4. The molecule has 110 valence electrons. The molecule has 4 nitrogen and oxygen atoms in total. The van der Waals surface area contributed by atoms with E-state index < -0.39 is 0 Å². The third-order valence-electron chi connectivity index (χ3n) is 4.75. The van der Waals surface area contributed by atoms with Gasteiger partial charge in [-0.2, -0.15) is 0 Å². The summed E-state index contributed by atoms with van der Waals surface area (Å²) in [5, 5.41) is 0. The van der Waals surface area contributed by atoms with Crippen molar-refractivity contribution in [2.24, 2.45) is 5.73 Å². The van der Waals surface area contributed by atoms with E-state index in [9.17, 15) is 0 Å². The zero-order chi connectivity index (χ0) is 14.2. The Hall–Kier alpha value is -1.10. The SMILES string of the molecule is COC1(C)CCCN(C2COc3ccccc3C2N)C1. The molecule has 0 aliphatic carbocycles. The van der Waals surface area contributed by atoms with Crippen LogP contribution in [0, 0.1) is 0 Å². The Morgan fingerprint density at radius 3 is 3.00 bits per heavy atom. The minimum atomic E-state index is -0.0606. The number of nitrogens with zero attached hydrogens (tertiary/aromatic N) is 1.